The van der Waals surface area contributed by atoms with E-state index in [0.717, 1.165) is 64.5 Å². The molecule has 0 saturated heterocycles. The average Bonchev–Trinajstić information content (AvgIpc) is 2.56. The van der Waals surface area contributed by atoms with Gasteiger partial charge in [0.1, 0.15) is 0 Å². The highest BCUT2D eigenvalue weighted by Crippen LogP contribution is 2.08. The molecule has 0 saturated carbocycles. The molecule has 0 rings (SSSR count). The number of carboxylic acid groups (broad SMARTS) is 2. The van der Waals surface area contributed by atoms with Gasteiger partial charge in [-0.25, -0.2) is 0 Å². The quantitative estimate of drug-likeness (QED) is 0.291. The van der Waals surface area contributed by atoms with Crippen LogP contribution >= 0.6 is 0 Å². The smallest absolute Gasteiger partial charge is 0.303 e. The number of hydrogen-bond acceptors (Lipinski definition) is 4. The Kier molecular flexibility index (Phi) is 23.9. The summed E-state index contributed by atoms with van der Waals surface area (Å²) in [5.41, 5.74) is 10.7. The van der Waals surface area contributed by atoms with Crippen molar-refractivity contribution in [3.05, 3.63) is 0 Å². The van der Waals surface area contributed by atoms with E-state index < -0.39 is 11.9 Å². The summed E-state index contributed by atoms with van der Waals surface area (Å²) in [5.74, 6) is -1.36. The summed E-state index contributed by atoms with van der Waals surface area (Å²) in [5, 5.41) is 16.7. The standard InChI is InChI=1S/C10H21NO2.C9H19NO2/c11-9-7-5-3-1-2-4-6-8-10(12)13;10-8-6-4-2-1-3-5-7-9(11)12/h1-9,11H2,(H,12,13);1-8,10H2,(H,11,12). The molecule has 0 unspecified atom stereocenters. The van der Waals surface area contributed by atoms with Crippen LogP contribution in [-0.2, 0) is 9.59 Å². The van der Waals surface area contributed by atoms with E-state index in [0.29, 0.717) is 12.8 Å². The first-order valence-corrected chi connectivity index (χ1v) is 9.88. The summed E-state index contributed by atoms with van der Waals surface area (Å²) >= 11 is 0. The summed E-state index contributed by atoms with van der Waals surface area (Å²) in [4.78, 5) is 20.3. The maximum atomic E-state index is 10.2. The maximum absolute atomic E-state index is 10.2. The molecule has 0 atom stereocenters. The molecule has 25 heavy (non-hydrogen) atoms. The van der Waals surface area contributed by atoms with E-state index in [9.17, 15) is 9.59 Å². The molecular formula is C19H40N2O4. The van der Waals surface area contributed by atoms with Crippen LogP contribution in [0.25, 0.3) is 0 Å². The van der Waals surface area contributed by atoms with Gasteiger partial charge in [-0.2, -0.15) is 0 Å². The first kappa shape index (κ1) is 26.1. The van der Waals surface area contributed by atoms with Crippen LogP contribution in [0.5, 0.6) is 0 Å². The lowest BCUT2D eigenvalue weighted by Crippen LogP contribution is -1.97. The van der Waals surface area contributed by atoms with Gasteiger partial charge < -0.3 is 21.7 Å². The van der Waals surface area contributed by atoms with E-state index in [-0.39, 0.29) is 0 Å². The molecule has 0 heterocycles. The van der Waals surface area contributed by atoms with Crippen molar-refractivity contribution < 1.29 is 19.8 Å². The highest BCUT2D eigenvalue weighted by atomic mass is 16.4. The summed E-state index contributed by atoms with van der Waals surface area (Å²) in [6.07, 6.45) is 15.0. The number of carboxylic acids is 2. The molecule has 0 bridgehead atoms. The van der Waals surface area contributed by atoms with E-state index in [2.05, 4.69) is 0 Å². The summed E-state index contributed by atoms with van der Waals surface area (Å²) in [6, 6.07) is 0. The number of carbonyl (C=O) groups is 2. The third kappa shape index (κ3) is 31.2. The van der Waals surface area contributed by atoms with E-state index >= 15 is 0 Å². The Hall–Kier alpha value is -1.14. The minimum atomic E-state index is -0.683. The molecule has 0 aliphatic heterocycles. The first-order valence-electron chi connectivity index (χ1n) is 9.88. The van der Waals surface area contributed by atoms with Crippen molar-refractivity contribution in [2.24, 2.45) is 11.5 Å². The van der Waals surface area contributed by atoms with Gasteiger partial charge in [0, 0.05) is 12.8 Å². The lowest BCUT2D eigenvalue weighted by molar-refractivity contribution is -0.138. The molecule has 0 amide bonds. The van der Waals surface area contributed by atoms with Crippen molar-refractivity contribution in [2.45, 2.75) is 96.3 Å². The van der Waals surface area contributed by atoms with Crippen LogP contribution in [0, 0.1) is 0 Å². The molecule has 6 nitrogen and oxygen atoms in total. The van der Waals surface area contributed by atoms with Crippen LogP contribution in [0.3, 0.4) is 0 Å². The Balaban J connectivity index is 0. The van der Waals surface area contributed by atoms with Crippen LogP contribution in [0.4, 0.5) is 0 Å². The normalized spacial score (nSPS) is 10.2. The molecule has 0 radical (unpaired) electrons. The van der Waals surface area contributed by atoms with Gasteiger partial charge in [0.15, 0.2) is 0 Å². The molecule has 0 aromatic carbocycles. The molecule has 0 aliphatic carbocycles. The van der Waals surface area contributed by atoms with Crippen molar-refractivity contribution in [3.63, 3.8) is 0 Å². The van der Waals surface area contributed by atoms with Gasteiger partial charge in [0.05, 0.1) is 0 Å². The number of unbranched alkanes of at least 4 members (excludes halogenated alkanes) is 11. The van der Waals surface area contributed by atoms with Gasteiger partial charge in [0.2, 0.25) is 0 Å². The van der Waals surface area contributed by atoms with Crippen LogP contribution in [0.2, 0.25) is 0 Å². The number of nitrogens with two attached hydrogens (primary N) is 2. The maximum Gasteiger partial charge on any atom is 0.303 e. The molecule has 150 valence electrons. The fraction of sp³-hybridized carbons (Fsp3) is 0.895. The van der Waals surface area contributed by atoms with Crippen LogP contribution in [0.15, 0.2) is 0 Å². The predicted molar refractivity (Wildman–Crippen MR) is 103 cm³/mol. The van der Waals surface area contributed by atoms with E-state index in [1.54, 1.807) is 0 Å². The van der Waals surface area contributed by atoms with Crippen LogP contribution in [0.1, 0.15) is 96.3 Å². The largest absolute Gasteiger partial charge is 0.481 e. The highest BCUT2D eigenvalue weighted by molar-refractivity contribution is 5.66. The molecule has 6 heteroatoms. The van der Waals surface area contributed by atoms with Gasteiger partial charge in [-0.1, -0.05) is 57.8 Å². The number of aliphatic carboxylic acids is 2. The van der Waals surface area contributed by atoms with Crippen molar-refractivity contribution in [1.82, 2.24) is 0 Å². The second kappa shape index (κ2) is 22.9. The van der Waals surface area contributed by atoms with Crippen molar-refractivity contribution in [1.29, 1.82) is 0 Å². The predicted octanol–water partition coefficient (Wildman–Crippen LogP) is 3.91. The third-order valence-corrected chi connectivity index (χ3v) is 3.94. The Labute approximate surface area is 153 Å². The van der Waals surface area contributed by atoms with Crippen LogP contribution in [-0.4, -0.2) is 35.2 Å². The average molecular weight is 361 g/mol. The Bertz CT molecular complexity index is 299. The zero-order valence-corrected chi connectivity index (χ0v) is 15.9. The first-order chi connectivity index (χ1) is 12.0. The molecular weight excluding hydrogens is 320 g/mol. The lowest BCUT2D eigenvalue weighted by Gasteiger charge is -1.99. The second-order valence-electron chi connectivity index (χ2n) is 6.46. The van der Waals surface area contributed by atoms with Crippen molar-refractivity contribution >= 4 is 11.9 Å². The zero-order valence-electron chi connectivity index (χ0n) is 15.9. The second-order valence-corrected chi connectivity index (χ2v) is 6.46. The Morgan fingerprint density at radius 2 is 0.720 bits per heavy atom. The zero-order chi connectivity index (χ0) is 19.2. The summed E-state index contributed by atoms with van der Waals surface area (Å²) in [7, 11) is 0. The summed E-state index contributed by atoms with van der Waals surface area (Å²) in [6.45, 7) is 1.56. The molecule has 0 aromatic heterocycles. The van der Waals surface area contributed by atoms with Crippen LogP contribution < -0.4 is 11.5 Å². The van der Waals surface area contributed by atoms with Gasteiger partial charge in [0.25, 0.3) is 0 Å². The van der Waals surface area contributed by atoms with Gasteiger partial charge in [-0.15, -0.1) is 0 Å². The topological polar surface area (TPSA) is 127 Å². The monoisotopic (exact) mass is 360 g/mol. The fourth-order valence-electron chi connectivity index (χ4n) is 2.43. The summed E-state index contributed by atoms with van der Waals surface area (Å²) < 4.78 is 0. The minimum absolute atomic E-state index is 0.316. The molecule has 0 aromatic rings. The van der Waals surface area contributed by atoms with E-state index in [1.807, 2.05) is 0 Å². The SMILES string of the molecule is NCCCCCCCCC(=O)O.NCCCCCCCCCC(=O)O. The molecule has 0 spiro atoms. The minimum Gasteiger partial charge on any atom is -0.481 e. The lowest BCUT2D eigenvalue weighted by atomic mass is 10.1. The van der Waals surface area contributed by atoms with Gasteiger partial charge >= 0.3 is 11.9 Å². The van der Waals surface area contributed by atoms with Gasteiger partial charge in [-0.3, -0.25) is 9.59 Å². The van der Waals surface area contributed by atoms with E-state index in [4.69, 9.17) is 21.7 Å². The van der Waals surface area contributed by atoms with Crippen molar-refractivity contribution in [2.75, 3.05) is 13.1 Å². The molecule has 0 fully saturated rings. The Morgan fingerprint density at radius 1 is 0.480 bits per heavy atom. The highest BCUT2D eigenvalue weighted by Gasteiger charge is 1.96. The Morgan fingerprint density at radius 3 is 0.960 bits per heavy atom. The molecule has 0 aliphatic rings. The van der Waals surface area contributed by atoms with Gasteiger partial charge in [-0.05, 0) is 38.8 Å². The third-order valence-electron chi connectivity index (χ3n) is 3.94. The molecule has 6 N–H and O–H groups in total. The number of rotatable bonds is 17. The number of hydrogen-bond donors (Lipinski definition) is 4. The van der Waals surface area contributed by atoms with E-state index in [1.165, 1.54) is 32.1 Å². The van der Waals surface area contributed by atoms with Crippen molar-refractivity contribution in [3.8, 4) is 0 Å². The fourth-order valence-corrected chi connectivity index (χ4v) is 2.43.